The van der Waals surface area contributed by atoms with E-state index in [4.69, 9.17) is 18.9 Å². The number of ether oxygens (including phenoxy) is 4. The number of unbranched alkanes of at least 4 members (excludes halogenated alkanes) is 2. The summed E-state index contributed by atoms with van der Waals surface area (Å²) in [7, 11) is 0. The molecule has 1 atom stereocenters. The van der Waals surface area contributed by atoms with E-state index in [0.717, 1.165) is 48.3 Å². The standard InChI is InChI=1S/C42H64O6/c1-28(2)45-24-17-15-16-18-34(43)41(11,12)42(13,14)46-25-23-40(9,10)48-31-21-19-29(20-22-31)35-32-26-30(38(3,4)5)27-33(39(6,7)8)36(32)47-37(35)44/h19-22,26-28,35H,15-18,23-25H2,1-14H3. The number of hydrogen-bond donors (Lipinski definition) is 0. The maximum atomic E-state index is 13.3. The SMILES string of the molecule is CC(C)OCCCCCC(=O)C(C)(C)C(C)(C)OCCC(C)(C)Oc1ccc(C2C(=O)Oc3c2cc(C(C)(C)C)cc3C(C)(C)C)cc1. The Labute approximate surface area is 291 Å². The van der Waals surface area contributed by atoms with Crippen LogP contribution in [0, 0.1) is 5.41 Å². The number of benzene rings is 2. The average Bonchev–Trinajstić information content (AvgIpc) is 3.28. The fourth-order valence-electron chi connectivity index (χ4n) is 5.93. The van der Waals surface area contributed by atoms with E-state index in [-0.39, 0.29) is 28.7 Å². The molecule has 1 heterocycles. The molecular formula is C42H64O6. The van der Waals surface area contributed by atoms with Crippen molar-refractivity contribution in [3.05, 3.63) is 58.7 Å². The van der Waals surface area contributed by atoms with Crippen molar-refractivity contribution >= 4 is 11.8 Å². The molecule has 2 aromatic carbocycles. The molecule has 0 bridgehead atoms. The number of ketones is 1. The Morgan fingerprint density at radius 3 is 2.00 bits per heavy atom. The summed E-state index contributed by atoms with van der Waals surface area (Å²) in [6, 6.07) is 12.2. The molecule has 0 spiro atoms. The molecule has 1 unspecified atom stereocenters. The summed E-state index contributed by atoms with van der Waals surface area (Å²) < 4.78 is 24.4. The minimum atomic E-state index is -0.630. The molecule has 6 heteroatoms. The Morgan fingerprint density at radius 1 is 0.812 bits per heavy atom. The zero-order valence-electron chi connectivity index (χ0n) is 32.5. The summed E-state index contributed by atoms with van der Waals surface area (Å²) in [5, 5.41) is 0. The van der Waals surface area contributed by atoms with Gasteiger partial charge in [-0.15, -0.1) is 0 Å². The number of Topliss-reactive ketones (excluding diaryl/α,β-unsaturated/α-hetero) is 1. The topological polar surface area (TPSA) is 71.1 Å². The predicted molar refractivity (Wildman–Crippen MR) is 195 cm³/mol. The minimum Gasteiger partial charge on any atom is -0.488 e. The van der Waals surface area contributed by atoms with Gasteiger partial charge in [-0.05, 0) is 88.5 Å². The van der Waals surface area contributed by atoms with Crippen LogP contribution in [0.15, 0.2) is 36.4 Å². The van der Waals surface area contributed by atoms with Crippen LogP contribution in [0.2, 0.25) is 0 Å². The van der Waals surface area contributed by atoms with E-state index in [1.807, 2.05) is 79.7 Å². The van der Waals surface area contributed by atoms with Crippen LogP contribution < -0.4 is 9.47 Å². The lowest BCUT2D eigenvalue weighted by Gasteiger charge is -2.41. The summed E-state index contributed by atoms with van der Waals surface area (Å²) in [5.74, 6) is 0.930. The number of hydrogen-bond acceptors (Lipinski definition) is 6. The Morgan fingerprint density at radius 2 is 1.44 bits per heavy atom. The average molecular weight is 665 g/mol. The lowest BCUT2D eigenvalue weighted by Crippen LogP contribution is -2.47. The zero-order valence-corrected chi connectivity index (χ0v) is 32.5. The van der Waals surface area contributed by atoms with Gasteiger partial charge in [0.2, 0.25) is 0 Å². The van der Waals surface area contributed by atoms with Gasteiger partial charge in [-0.25, -0.2) is 0 Å². The highest BCUT2D eigenvalue weighted by atomic mass is 16.5. The van der Waals surface area contributed by atoms with E-state index in [0.29, 0.717) is 25.2 Å². The molecule has 2 aromatic rings. The molecule has 0 saturated heterocycles. The second kappa shape index (κ2) is 15.0. The van der Waals surface area contributed by atoms with Gasteiger partial charge < -0.3 is 18.9 Å². The van der Waals surface area contributed by atoms with Crippen molar-refractivity contribution in [3.8, 4) is 11.5 Å². The Balaban J connectivity index is 1.63. The van der Waals surface area contributed by atoms with E-state index < -0.39 is 22.5 Å². The van der Waals surface area contributed by atoms with Crippen LogP contribution in [0.1, 0.15) is 157 Å². The fourth-order valence-corrected chi connectivity index (χ4v) is 5.93. The molecule has 0 amide bonds. The van der Waals surface area contributed by atoms with Gasteiger partial charge in [-0.2, -0.15) is 0 Å². The molecule has 48 heavy (non-hydrogen) atoms. The molecular weight excluding hydrogens is 600 g/mol. The third kappa shape index (κ3) is 9.94. The summed E-state index contributed by atoms with van der Waals surface area (Å²) in [6.45, 7) is 30.4. The Bertz CT molecular complexity index is 1400. The number of fused-ring (bicyclic) bond motifs is 1. The molecule has 0 radical (unpaired) electrons. The van der Waals surface area contributed by atoms with Crippen molar-refractivity contribution < 1.29 is 28.5 Å². The summed E-state index contributed by atoms with van der Waals surface area (Å²) in [5.41, 5.74) is 2.07. The molecule has 3 rings (SSSR count). The van der Waals surface area contributed by atoms with E-state index in [1.165, 1.54) is 5.56 Å². The fraction of sp³-hybridized carbons (Fsp3) is 0.667. The molecule has 1 aliphatic heterocycles. The van der Waals surface area contributed by atoms with Crippen LogP contribution in [0.25, 0.3) is 0 Å². The van der Waals surface area contributed by atoms with Crippen LogP contribution in [-0.2, 0) is 29.9 Å². The van der Waals surface area contributed by atoms with Crippen molar-refractivity contribution in [1.29, 1.82) is 0 Å². The monoisotopic (exact) mass is 664 g/mol. The van der Waals surface area contributed by atoms with Gasteiger partial charge in [0.1, 0.15) is 28.8 Å². The van der Waals surface area contributed by atoms with Crippen LogP contribution in [0.5, 0.6) is 11.5 Å². The van der Waals surface area contributed by atoms with Crippen molar-refractivity contribution in [2.45, 2.75) is 163 Å². The van der Waals surface area contributed by atoms with Gasteiger partial charge in [-0.3, -0.25) is 9.59 Å². The second-order valence-corrected chi connectivity index (χ2v) is 17.6. The largest absolute Gasteiger partial charge is 0.488 e. The van der Waals surface area contributed by atoms with Crippen molar-refractivity contribution in [2.24, 2.45) is 5.41 Å². The number of carbonyl (C=O) groups is 2. The van der Waals surface area contributed by atoms with Gasteiger partial charge in [-0.1, -0.05) is 86.1 Å². The van der Waals surface area contributed by atoms with Gasteiger partial charge in [0, 0.05) is 30.6 Å². The van der Waals surface area contributed by atoms with Crippen LogP contribution in [0.3, 0.4) is 0 Å². The summed E-state index contributed by atoms with van der Waals surface area (Å²) in [4.78, 5) is 26.5. The highest BCUT2D eigenvalue weighted by molar-refractivity contribution is 5.90. The maximum Gasteiger partial charge on any atom is 0.323 e. The third-order valence-electron chi connectivity index (χ3n) is 10.0. The minimum absolute atomic E-state index is 0.0679. The molecule has 0 saturated carbocycles. The van der Waals surface area contributed by atoms with E-state index >= 15 is 0 Å². The van der Waals surface area contributed by atoms with E-state index in [2.05, 4.69) is 53.7 Å². The van der Waals surface area contributed by atoms with Crippen LogP contribution in [-0.4, -0.2) is 42.3 Å². The zero-order chi connectivity index (χ0) is 36.3. The first-order valence-corrected chi connectivity index (χ1v) is 17.9. The van der Waals surface area contributed by atoms with Gasteiger partial charge >= 0.3 is 5.97 Å². The molecule has 6 nitrogen and oxygen atoms in total. The summed E-state index contributed by atoms with van der Waals surface area (Å²) in [6.07, 6.45) is 4.26. The third-order valence-corrected chi connectivity index (χ3v) is 10.0. The number of esters is 1. The van der Waals surface area contributed by atoms with Crippen molar-refractivity contribution in [3.63, 3.8) is 0 Å². The molecule has 1 aliphatic rings. The molecule has 268 valence electrons. The molecule has 0 N–H and O–H groups in total. The first-order valence-electron chi connectivity index (χ1n) is 17.9. The number of rotatable bonds is 16. The number of carbonyl (C=O) groups excluding carboxylic acids is 2. The maximum absolute atomic E-state index is 13.3. The lowest BCUT2D eigenvalue weighted by molar-refractivity contribution is -0.150. The molecule has 0 aromatic heterocycles. The van der Waals surface area contributed by atoms with Crippen molar-refractivity contribution in [1.82, 2.24) is 0 Å². The Hall–Kier alpha value is -2.70. The second-order valence-electron chi connectivity index (χ2n) is 17.6. The van der Waals surface area contributed by atoms with Crippen LogP contribution >= 0.6 is 0 Å². The smallest absolute Gasteiger partial charge is 0.323 e. The Kier molecular flexibility index (Phi) is 12.5. The van der Waals surface area contributed by atoms with Crippen LogP contribution in [0.4, 0.5) is 0 Å². The lowest BCUT2D eigenvalue weighted by atomic mass is 9.72. The summed E-state index contributed by atoms with van der Waals surface area (Å²) >= 11 is 0. The first-order chi connectivity index (χ1) is 22.0. The normalized spacial score (nSPS) is 15.9. The van der Waals surface area contributed by atoms with Gasteiger partial charge in [0.05, 0.1) is 23.7 Å². The highest BCUT2D eigenvalue weighted by Crippen LogP contribution is 2.47. The first kappa shape index (κ1) is 39.7. The van der Waals surface area contributed by atoms with E-state index in [9.17, 15) is 9.59 Å². The van der Waals surface area contributed by atoms with E-state index in [1.54, 1.807) is 0 Å². The highest BCUT2D eigenvalue weighted by Gasteiger charge is 2.44. The van der Waals surface area contributed by atoms with Gasteiger partial charge in [0.25, 0.3) is 0 Å². The predicted octanol–water partition coefficient (Wildman–Crippen LogP) is 10.3. The van der Waals surface area contributed by atoms with Crippen molar-refractivity contribution in [2.75, 3.05) is 13.2 Å². The molecule has 0 aliphatic carbocycles. The molecule has 0 fully saturated rings. The van der Waals surface area contributed by atoms with Gasteiger partial charge in [0.15, 0.2) is 0 Å². The quantitative estimate of drug-likeness (QED) is 0.101.